The summed E-state index contributed by atoms with van der Waals surface area (Å²) in [4.78, 5) is 13.3. The molecule has 6 nitrogen and oxygen atoms in total. The first-order valence-corrected chi connectivity index (χ1v) is 9.04. The molecule has 7 heteroatoms. The minimum absolute atomic E-state index is 0.217. The van der Waals surface area contributed by atoms with Crippen LogP contribution in [-0.4, -0.2) is 49.1 Å². The third-order valence-electron chi connectivity index (χ3n) is 4.94. The minimum atomic E-state index is -0.217. The summed E-state index contributed by atoms with van der Waals surface area (Å²) in [5.74, 6) is 1.15. The lowest BCUT2D eigenvalue weighted by Crippen LogP contribution is -2.51. The molecule has 0 spiro atoms. The lowest BCUT2D eigenvalue weighted by Gasteiger charge is -2.36. The first-order chi connectivity index (χ1) is 13.0. The minimum Gasteiger partial charge on any atom is -0.496 e. The molecule has 27 heavy (non-hydrogen) atoms. The van der Waals surface area contributed by atoms with Gasteiger partial charge in [-0.1, -0.05) is 0 Å². The van der Waals surface area contributed by atoms with Crippen molar-refractivity contribution in [3.8, 4) is 5.75 Å². The third kappa shape index (κ3) is 4.30. The largest absolute Gasteiger partial charge is 0.496 e. The predicted molar refractivity (Wildman–Crippen MR) is 106 cm³/mol. The van der Waals surface area contributed by atoms with Crippen LogP contribution in [0.15, 0.2) is 35.5 Å². The van der Waals surface area contributed by atoms with Crippen LogP contribution in [0.25, 0.3) is 0 Å². The summed E-state index contributed by atoms with van der Waals surface area (Å²) in [5.41, 5.74) is 10.1. The number of aliphatic imine (C=N–C) groups is 1. The van der Waals surface area contributed by atoms with E-state index in [1.165, 1.54) is 12.1 Å². The molecule has 2 aromatic rings. The average Bonchev–Trinajstić information content (AvgIpc) is 2.68. The van der Waals surface area contributed by atoms with Crippen LogP contribution in [-0.2, 0) is 6.54 Å². The summed E-state index contributed by atoms with van der Waals surface area (Å²) in [6.07, 6.45) is 1.80. The summed E-state index contributed by atoms with van der Waals surface area (Å²) < 4.78 is 18.5. The van der Waals surface area contributed by atoms with Gasteiger partial charge in [0, 0.05) is 49.2 Å². The summed E-state index contributed by atoms with van der Waals surface area (Å²) in [6.45, 7) is 7.57. The van der Waals surface area contributed by atoms with E-state index in [1.54, 1.807) is 13.3 Å². The predicted octanol–water partition coefficient (Wildman–Crippen LogP) is 2.48. The van der Waals surface area contributed by atoms with E-state index in [0.717, 1.165) is 54.4 Å². The topological polar surface area (TPSA) is 67.0 Å². The maximum atomic E-state index is 13.1. The number of methoxy groups -OCH3 is 1. The average molecular weight is 371 g/mol. The van der Waals surface area contributed by atoms with Crippen LogP contribution in [0.1, 0.15) is 16.8 Å². The summed E-state index contributed by atoms with van der Waals surface area (Å²) in [6, 6.07) is 6.59. The summed E-state index contributed by atoms with van der Waals surface area (Å²) >= 11 is 0. The molecule has 144 valence electrons. The Labute approximate surface area is 159 Å². The second-order valence-corrected chi connectivity index (χ2v) is 6.67. The molecule has 1 aliphatic heterocycles. The van der Waals surface area contributed by atoms with Crippen molar-refractivity contribution in [1.29, 1.82) is 0 Å². The Kier molecular flexibility index (Phi) is 5.78. The maximum Gasteiger partial charge on any atom is 0.191 e. The SMILES string of the molecule is COc1c(C)cnc(CN=C(N)N2CCN(c3ccc(F)cc3)CC2)c1C. The third-order valence-corrected chi connectivity index (χ3v) is 4.94. The highest BCUT2D eigenvalue weighted by molar-refractivity contribution is 5.78. The van der Waals surface area contributed by atoms with Crippen molar-refractivity contribution in [2.45, 2.75) is 20.4 Å². The fourth-order valence-electron chi connectivity index (χ4n) is 3.33. The van der Waals surface area contributed by atoms with Crippen molar-refractivity contribution >= 4 is 11.6 Å². The van der Waals surface area contributed by atoms with Gasteiger partial charge in [0.2, 0.25) is 0 Å². The number of aromatic nitrogens is 1. The number of nitrogens with two attached hydrogens (primary N) is 1. The molecule has 0 bridgehead atoms. The molecule has 1 saturated heterocycles. The van der Waals surface area contributed by atoms with E-state index in [2.05, 4.69) is 19.8 Å². The van der Waals surface area contributed by atoms with Crippen molar-refractivity contribution in [3.05, 3.63) is 53.1 Å². The quantitative estimate of drug-likeness (QED) is 0.661. The number of benzene rings is 1. The van der Waals surface area contributed by atoms with Crippen molar-refractivity contribution in [3.63, 3.8) is 0 Å². The molecule has 3 rings (SSSR count). The zero-order valence-electron chi connectivity index (χ0n) is 16.1. The molecule has 0 saturated carbocycles. The fraction of sp³-hybridized carbons (Fsp3) is 0.400. The zero-order valence-corrected chi connectivity index (χ0v) is 16.1. The van der Waals surface area contributed by atoms with E-state index >= 15 is 0 Å². The number of hydrogen-bond donors (Lipinski definition) is 1. The molecular weight excluding hydrogens is 345 g/mol. The normalized spacial score (nSPS) is 15.2. The second kappa shape index (κ2) is 8.24. The van der Waals surface area contributed by atoms with Crippen molar-refractivity contribution in [1.82, 2.24) is 9.88 Å². The van der Waals surface area contributed by atoms with Crippen molar-refractivity contribution in [2.24, 2.45) is 10.7 Å². The van der Waals surface area contributed by atoms with Gasteiger partial charge in [-0.25, -0.2) is 9.38 Å². The Morgan fingerprint density at radius 1 is 1.19 bits per heavy atom. The molecule has 1 aromatic heterocycles. The Hall–Kier alpha value is -2.83. The van der Waals surface area contributed by atoms with Gasteiger partial charge in [-0.3, -0.25) is 4.98 Å². The van der Waals surface area contributed by atoms with Crippen LogP contribution in [0.2, 0.25) is 0 Å². The molecule has 1 aliphatic rings. The number of ether oxygens (including phenoxy) is 1. The van der Waals surface area contributed by atoms with Gasteiger partial charge in [0.25, 0.3) is 0 Å². The number of hydrogen-bond acceptors (Lipinski definition) is 4. The van der Waals surface area contributed by atoms with Gasteiger partial charge in [-0.05, 0) is 38.1 Å². The number of rotatable bonds is 4. The molecule has 0 aliphatic carbocycles. The van der Waals surface area contributed by atoms with Gasteiger partial charge in [-0.15, -0.1) is 0 Å². The Balaban J connectivity index is 1.61. The van der Waals surface area contributed by atoms with Crippen LogP contribution >= 0.6 is 0 Å². The second-order valence-electron chi connectivity index (χ2n) is 6.67. The Bertz CT molecular complexity index is 814. The summed E-state index contributed by atoms with van der Waals surface area (Å²) in [5, 5.41) is 0. The molecular formula is C20H26FN5O. The van der Waals surface area contributed by atoms with Crippen molar-refractivity contribution in [2.75, 3.05) is 38.2 Å². The number of aryl methyl sites for hydroxylation is 1. The first kappa shape index (κ1) is 18.9. The lowest BCUT2D eigenvalue weighted by atomic mass is 10.1. The standard InChI is InChI=1S/C20H26FN5O/c1-14-12-23-18(15(2)19(14)27-3)13-24-20(22)26-10-8-25(9-11-26)17-6-4-16(21)5-7-17/h4-7,12H,8-11,13H2,1-3H3,(H2,22,24). The van der Waals surface area contributed by atoms with Gasteiger partial charge in [0.1, 0.15) is 11.6 Å². The Morgan fingerprint density at radius 3 is 2.48 bits per heavy atom. The van der Waals surface area contributed by atoms with Gasteiger partial charge < -0.3 is 20.3 Å². The van der Waals surface area contributed by atoms with Gasteiger partial charge in [0.05, 0.1) is 19.3 Å². The van der Waals surface area contributed by atoms with E-state index in [9.17, 15) is 4.39 Å². The highest BCUT2D eigenvalue weighted by Gasteiger charge is 2.19. The molecule has 1 aromatic carbocycles. The number of pyridine rings is 1. The van der Waals surface area contributed by atoms with E-state index in [0.29, 0.717) is 12.5 Å². The van der Waals surface area contributed by atoms with Crippen LogP contribution in [0.4, 0.5) is 10.1 Å². The van der Waals surface area contributed by atoms with E-state index in [4.69, 9.17) is 10.5 Å². The lowest BCUT2D eigenvalue weighted by molar-refractivity contribution is 0.380. The number of piperazine rings is 1. The molecule has 0 radical (unpaired) electrons. The van der Waals surface area contributed by atoms with E-state index in [-0.39, 0.29) is 5.82 Å². The molecule has 1 fully saturated rings. The van der Waals surface area contributed by atoms with Crippen molar-refractivity contribution < 1.29 is 9.13 Å². The van der Waals surface area contributed by atoms with Crippen LogP contribution in [0.3, 0.4) is 0 Å². The first-order valence-electron chi connectivity index (χ1n) is 9.04. The van der Waals surface area contributed by atoms with Crippen LogP contribution in [0, 0.1) is 19.7 Å². The number of halogens is 1. The zero-order chi connectivity index (χ0) is 19.4. The Morgan fingerprint density at radius 2 is 1.85 bits per heavy atom. The fourth-order valence-corrected chi connectivity index (χ4v) is 3.33. The van der Waals surface area contributed by atoms with Gasteiger partial charge in [0.15, 0.2) is 5.96 Å². The van der Waals surface area contributed by atoms with E-state index in [1.807, 2.05) is 26.0 Å². The number of anilines is 1. The van der Waals surface area contributed by atoms with Gasteiger partial charge >= 0.3 is 0 Å². The molecule has 0 atom stereocenters. The molecule has 0 unspecified atom stereocenters. The number of guanidine groups is 1. The molecule has 0 amide bonds. The highest BCUT2D eigenvalue weighted by atomic mass is 19.1. The molecule has 2 heterocycles. The molecule has 2 N–H and O–H groups in total. The van der Waals surface area contributed by atoms with Gasteiger partial charge in [-0.2, -0.15) is 0 Å². The van der Waals surface area contributed by atoms with Crippen LogP contribution in [0.5, 0.6) is 5.75 Å². The monoisotopic (exact) mass is 371 g/mol. The highest BCUT2D eigenvalue weighted by Crippen LogP contribution is 2.24. The maximum absolute atomic E-state index is 13.1. The smallest absolute Gasteiger partial charge is 0.191 e. The number of nitrogens with zero attached hydrogens (tertiary/aromatic N) is 4. The van der Waals surface area contributed by atoms with Crippen LogP contribution < -0.4 is 15.4 Å². The summed E-state index contributed by atoms with van der Waals surface area (Å²) in [7, 11) is 1.66. The van der Waals surface area contributed by atoms with E-state index < -0.39 is 0 Å².